The molecule has 0 bridgehead atoms. The third-order valence-electron chi connectivity index (χ3n) is 3.38. The van der Waals surface area contributed by atoms with E-state index in [-0.39, 0.29) is 5.97 Å². The molecule has 0 aliphatic heterocycles. The van der Waals surface area contributed by atoms with Crippen LogP contribution in [0, 0.1) is 0 Å². The molecule has 0 saturated heterocycles. The molecule has 1 aliphatic rings. The first-order valence-corrected chi connectivity index (χ1v) is 7.52. The van der Waals surface area contributed by atoms with Gasteiger partial charge in [-0.2, -0.15) is 4.98 Å². The number of nitrogens with zero attached hydrogens (tertiary/aromatic N) is 2. The Morgan fingerprint density at radius 1 is 1.62 bits per heavy atom. The van der Waals surface area contributed by atoms with E-state index in [0.29, 0.717) is 35.3 Å². The lowest BCUT2D eigenvalue weighted by atomic mass is 10.1. The molecule has 0 atom stereocenters. The lowest BCUT2D eigenvalue weighted by molar-refractivity contribution is 0.0607. The number of nitrogen functional groups attached to an aromatic ring is 1. The van der Waals surface area contributed by atoms with Gasteiger partial charge in [0.2, 0.25) is 6.39 Å². The molecule has 0 unspecified atom stereocenters. The van der Waals surface area contributed by atoms with Gasteiger partial charge in [0.1, 0.15) is 4.88 Å². The topological polar surface area (TPSA) is 103 Å². The molecule has 2 aromatic heterocycles. The number of hydrogen-bond acceptors (Lipinski definition) is 8. The van der Waals surface area contributed by atoms with E-state index in [4.69, 9.17) is 15.0 Å². The van der Waals surface area contributed by atoms with Crippen molar-refractivity contribution in [2.45, 2.75) is 25.2 Å². The maximum atomic E-state index is 11.8. The Balaban J connectivity index is 1.75. The SMILES string of the molecule is COC(=O)c1sc(NCCc2ncon2)c(C2CC2)c1N. The first kappa shape index (κ1) is 13.9. The van der Waals surface area contributed by atoms with Crippen molar-refractivity contribution in [2.75, 3.05) is 24.7 Å². The predicted octanol–water partition coefficient (Wildman–Crippen LogP) is 2.03. The van der Waals surface area contributed by atoms with Gasteiger partial charge in [-0.25, -0.2) is 4.79 Å². The molecule has 0 spiro atoms. The predicted molar refractivity (Wildman–Crippen MR) is 78.5 cm³/mol. The number of rotatable bonds is 6. The molecular formula is C13H16N4O3S. The molecule has 3 rings (SSSR count). The Kier molecular flexibility index (Phi) is 3.78. The summed E-state index contributed by atoms with van der Waals surface area (Å²) in [7, 11) is 1.36. The summed E-state index contributed by atoms with van der Waals surface area (Å²) in [6.45, 7) is 0.653. The number of carbonyl (C=O) groups excluding carboxylic acids is 1. The van der Waals surface area contributed by atoms with E-state index in [1.165, 1.54) is 24.8 Å². The van der Waals surface area contributed by atoms with Crippen LogP contribution in [0.3, 0.4) is 0 Å². The first-order valence-electron chi connectivity index (χ1n) is 6.70. The lowest BCUT2D eigenvalue weighted by Crippen LogP contribution is -2.06. The Morgan fingerprint density at radius 2 is 2.43 bits per heavy atom. The van der Waals surface area contributed by atoms with Crippen molar-refractivity contribution in [3.63, 3.8) is 0 Å². The van der Waals surface area contributed by atoms with Gasteiger partial charge in [-0.15, -0.1) is 11.3 Å². The average molecular weight is 308 g/mol. The van der Waals surface area contributed by atoms with E-state index >= 15 is 0 Å². The normalized spacial score (nSPS) is 14.1. The number of nitrogens with two attached hydrogens (primary N) is 1. The van der Waals surface area contributed by atoms with Crippen LogP contribution in [0.4, 0.5) is 10.7 Å². The van der Waals surface area contributed by atoms with E-state index in [9.17, 15) is 4.79 Å². The van der Waals surface area contributed by atoms with Crippen molar-refractivity contribution in [3.05, 3.63) is 22.7 Å². The zero-order valence-corrected chi connectivity index (χ0v) is 12.4. The summed E-state index contributed by atoms with van der Waals surface area (Å²) < 4.78 is 9.47. The van der Waals surface area contributed by atoms with Gasteiger partial charge in [0.25, 0.3) is 0 Å². The fourth-order valence-electron chi connectivity index (χ4n) is 2.20. The van der Waals surface area contributed by atoms with Crippen molar-refractivity contribution >= 4 is 28.0 Å². The molecule has 1 fully saturated rings. The number of aromatic nitrogens is 2. The smallest absolute Gasteiger partial charge is 0.350 e. The summed E-state index contributed by atoms with van der Waals surface area (Å²) >= 11 is 1.35. The summed E-state index contributed by atoms with van der Waals surface area (Å²) in [5.41, 5.74) is 7.72. The van der Waals surface area contributed by atoms with Crippen LogP contribution >= 0.6 is 11.3 Å². The lowest BCUT2D eigenvalue weighted by Gasteiger charge is -2.05. The Hall–Kier alpha value is -2.09. The van der Waals surface area contributed by atoms with Crippen LogP contribution in [0.1, 0.15) is 39.8 Å². The highest BCUT2D eigenvalue weighted by atomic mass is 32.1. The van der Waals surface area contributed by atoms with E-state index < -0.39 is 0 Å². The Bertz CT molecular complexity index is 634. The van der Waals surface area contributed by atoms with Crippen molar-refractivity contribution in [2.24, 2.45) is 0 Å². The molecule has 0 radical (unpaired) electrons. The second-order valence-electron chi connectivity index (χ2n) is 4.88. The highest BCUT2D eigenvalue weighted by Crippen LogP contribution is 2.50. The van der Waals surface area contributed by atoms with Crippen molar-refractivity contribution in [1.29, 1.82) is 0 Å². The van der Waals surface area contributed by atoms with E-state index in [1.54, 1.807) is 0 Å². The summed E-state index contributed by atoms with van der Waals surface area (Å²) in [6.07, 6.45) is 4.18. The number of esters is 1. The number of ether oxygens (including phenoxy) is 1. The second-order valence-corrected chi connectivity index (χ2v) is 5.90. The van der Waals surface area contributed by atoms with Gasteiger partial charge in [0.15, 0.2) is 5.82 Å². The summed E-state index contributed by atoms with van der Waals surface area (Å²) in [4.78, 5) is 16.2. The molecule has 7 nitrogen and oxygen atoms in total. The molecule has 112 valence electrons. The van der Waals surface area contributed by atoms with E-state index in [2.05, 4.69) is 15.5 Å². The monoisotopic (exact) mass is 308 g/mol. The van der Waals surface area contributed by atoms with Gasteiger partial charge in [-0.05, 0) is 18.8 Å². The molecule has 2 heterocycles. The molecular weight excluding hydrogens is 292 g/mol. The average Bonchev–Trinajstić information content (AvgIpc) is 3.07. The van der Waals surface area contributed by atoms with Gasteiger partial charge in [-0.3, -0.25) is 0 Å². The van der Waals surface area contributed by atoms with Crippen molar-refractivity contribution in [3.8, 4) is 0 Å². The molecule has 0 aromatic carbocycles. The Morgan fingerprint density at radius 3 is 3.05 bits per heavy atom. The third kappa shape index (κ3) is 2.85. The maximum Gasteiger partial charge on any atom is 0.350 e. The number of methoxy groups -OCH3 is 1. The highest BCUT2D eigenvalue weighted by molar-refractivity contribution is 7.18. The summed E-state index contributed by atoms with van der Waals surface area (Å²) in [5.74, 6) is 0.714. The maximum absolute atomic E-state index is 11.8. The third-order valence-corrected chi connectivity index (χ3v) is 4.54. The minimum atomic E-state index is -0.384. The number of hydrogen-bond donors (Lipinski definition) is 2. The zero-order valence-electron chi connectivity index (χ0n) is 11.6. The number of nitrogens with one attached hydrogen (secondary N) is 1. The minimum Gasteiger partial charge on any atom is -0.465 e. The number of thiophene rings is 1. The summed E-state index contributed by atoms with van der Waals surface area (Å²) in [6, 6.07) is 0. The Labute approximate surface area is 125 Å². The minimum absolute atomic E-state index is 0.384. The van der Waals surface area contributed by atoms with Crippen LogP contribution in [0.15, 0.2) is 10.9 Å². The molecule has 21 heavy (non-hydrogen) atoms. The molecule has 8 heteroatoms. The zero-order chi connectivity index (χ0) is 14.8. The van der Waals surface area contributed by atoms with E-state index in [1.807, 2.05) is 0 Å². The van der Waals surface area contributed by atoms with E-state index in [0.717, 1.165) is 23.4 Å². The molecule has 1 aliphatic carbocycles. The van der Waals surface area contributed by atoms with Gasteiger partial charge in [0.05, 0.1) is 17.8 Å². The van der Waals surface area contributed by atoms with Crippen LogP contribution in [0.25, 0.3) is 0 Å². The van der Waals surface area contributed by atoms with Gasteiger partial charge >= 0.3 is 5.97 Å². The molecule has 1 saturated carbocycles. The van der Waals surface area contributed by atoms with Crippen molar-refractivity contribution < 1.29 is 14.1 Å². The fourth-order valence-corrected chi connectivity index (χ4v) is 3.35. The quantitative estimate of drug-likeness (QED) is 0.787. The summed E-state index contributed by atoms with van der Waals surface area (Å²) in [5, 5.41) is 8.03. The standard InChI is InChI=1S/C13H16N4O3S/c1-19-13(18)11-10(14)9(7-2-3-7)12(21-11)15-5-4-8-16-6-20-17-8/h6-7,15H,2-5,14H2,1H3. The van der Waals surface area contributed by atoms with Crippen molar-refractivity contribution in [1.82, 2.24) is 10.1 Å². The molecule has 0 amide bonds. The fraction of sp³-hybridized carbons (Fsp3) is 0.462. The van der Waals surface area contributed by atoms with Crippen LogP contribution in [0.5, 0.6) is 0 Å². The largest absolute Gasteiger partial charge is 0.465 e. The van der Waals surface area contributed by atoms with Crippen LogP contribution < -0.4 is 11.1 Å². The molecule has 3 N–H and O–H groups in total. The second kappa shape index (κ2) is 5.72. The van der Waals surface area contributed by atoms with Crippen LogP contribution in [-0.2, 0) is 11.2 Å². The first-order chi connectivity index (χ1) is 10.2. The molecule has 2 aromatic rings. The number of carbonyl (C=O) groups is 1. The van der Waals surface area contributed by atoms with Gasteiger partial charge in [0, 0.05) is 18.5 Å². The van der Waals surface area contributed by atoms with Gasteiger partial charge in [-0.1, -0.05) is 5.16 Å². The highest BCUT2D eigenvalue weighted by Gasteiger charge is 2.33. The van der Waals surface area contributed by atoms with Crippen LogP contribution in [-0.4, -0.2) is 29.8 Å². The van der Waals surface area contributed by atoms with Crippen LogP contribution in [0.2, 0.25) is 0 Å². The number of anilines is 2. The van der Waals surface area contributed by atoms with Gasteiger partial charge < -0.3 is 20.3 Å².